The smallest absolute Gasteiger partial charge is 0.323 e. The van der Waals surface area contributed by atoms with Gasteiger partial charge in [-0.3, -0.25) is 4.57 Å². The van der Waals surface area contributed by atoms with Crippen molar-refractivity contribution < 1.29 is 4.79 Å². The summed E-state index contributed by atoms with van der Waals surface area (Å²) >= 11 is 13.8. The number of benzene rings is 2. The van der Waals surface area contributed by atoms with Gasteiger partial charge in [0, 0.05) is 46.0 Å². The van der Waals surface area contributed by atoms with Gasteiger partial charge in [-0.15, -0.1) is 11.3 Å². The van der Waals surface area contributed by atoms with Crippen LogP contribution in [0.5, 0.6) is 0 Å². The summed E-state index contributed by atoms with van der Waals surface area (Å²) in [6.45, 7) is 1.59. The van der Waals surface area contributed by atoms with Gasteiger partial charge in [-0.1, -0.05) is 35.3 Å². The maximum Gasteiger partial charge on any atom is 0.346 e. The van der Waals surface area contributed by atoms with Crippen molar-refractivity contribution in [1.29, 1.82) is 0 Å². The number of hydrogen-bond acceptors (Lipinski definition) is 2. The molecule has 0 saturated carbocycles. The normalized spacial score (nSPS) is 14.7. The second-order valence-electron chi connectivity index (χ2n) is 6.32. The highest BCUT2D eigenvalue weighted by atomic mass is 35.5. The van der Waals surface area contributed by atoms with Crippen LogP contribution in [-0.2, 0) is 0 Å². The minimum Gasteiger partial charge on any atom is -0.323 e. The van der Waals surface area contributed by atoms with Crippen LogP contribution in [0.25, 0.3) is 16.8 Å². The van der Waals surface area contributed by atoms with E-state index in [2.05, 4.69) is 4.99 Å². The third-order valence-corrected chi connectivity index (χ3v) is 5.86. The molecule has 4 nitrogen and oxygen atoms in total. The maximum absolute atomic E-state index is 12.3. The molecule has 3 aromatic rings. The first-order valence-corrected chi connectivity index (χ1v) is 10.3. The second-order valence-corrected chi connectivity index (χ2v) is 8.03. The lowest BCUT2D eigenvalue weighted by atomic mass is 10.1. The molecule has 4 rings (SSSR count). The molecule has 1 fully saturated rings. The van der Waals surface area contributed by atoms with Gasteiger partial charge in [0.2, 0.25) is 0 Å². The number of carbonyl (C=O) groups excluding carboxylic acids is 1. The lowest BCUT2D eigenvalue weighted by Crippen LogP contribution is -2.27. The molecule has 2 amide bonds. The Hall–Kier alpha value is -2.08. The number of likely N-dealkylation sites (tertiary alicyclic amines) is 1. The van der Waals surface area contributed by atoms with Gasteiger partial charge in [0.1, 0.15) is 0 Å². The van der Waals surface area contributed by atoms with Crippen LogP contribution in [0.2, 0.25) is 10.0 Å². The summed E-state index contributed by atoms with van der Waals surface area (Å²) in [5.74, 6) is 0. The van der Waals surface area contributed by atoms with Gasteiger partial charge in [-0.05, 0) is 48.7 Å². The van der Waals surface area contributed by atoms with Crippen LogP contribution in [0.4, 0.5) is 4.79 Å². The van der Waals surface area contributed by atoms with Crippen LogP contribution in [-0.4, -0.2) is 28.6 Å². The number of hydrogen-bond donors (Lipinski definition) is 0. The van der Waals surface area contributed by atoms with Crippen molar-refractivity contribution in [3.8, 4) is 16.8 Å². The molecule has 27 heavy (non-hydrogen) atoms. The lowest BCUT2D eigenvalue weighted by molar-refractivity contribution is 0.218. The molecule has 0 bridgehead atoms. The van der Waals surface area contributed by atoms with E-state index in [4.69, 9.17) is 23.2 Å². The highest BCUT2D eigenvalue weighted by molar-refractivity contribution is 7.07. The van der Waals surface area contributed by atoms with Crippen LogP contribution >= 0.6 is 34.5 Å². The van der Waals surface area contributed by atoms with E-state index in [0.29, 0.717) is 14.8 Å². The summed E-state index contributed by atoms with van der Waals surface area (Å²) in [4.78, 5) is 19.1. The van der Waals surface area contributed by atoms with Gasteiger partial charge in [0.15, 0.2) is 4.80 Å². The third kappa shape index (κ3) is 3.95. The zero-order chi connectivity index (χ0) is 18.8. The van der Waals surface area contributed by atoms with Crippen molar-refractivity contribution in [2.24, 2.45) is 4.99 Å². The fourth-order valence-corrected chi connectivity index (χ4v) is 4.24. The predicted molar refractivity (Wildman–Crippen MR) is 111 cm³/mol. The zero-order valence-corrected chi connectivity index (χ0v) is 16.8. The van der Waals surface area contributed by atoms with E-state index in [-0.39, 0.29) is 6.03 Å². The molecule has 1 aliphatic heterocycles. The molecule has 0 N–H and O–H groups in total. The Morgan fingerprint density at radius 3 is 2.52 bits per heavy atom. The largest absolute Gasteiger partial charge is 0.346 e. The minimum atomic E-state index is -0.161. The quantitative estimate of drug-likeness (QED) is 0.532. The minimum absolute atomic E-state index is 0.161. The Morgan fingerprint density at radius 2 is 1.78 bits per heavy atom. The molecule has 138 valence electrons. The molecular formula is C20H17Cl2N3OS. The summed E-state index contributed by atoms with van der Waals surface area (Å²) in [6.07, 6.45) is 4.03. The fraction of sp³-hybridized carbons (Fsp3) is 0.200. The average Bonchev–Trinajstić information content (AvgIpc) is 3.36. The molecule has 0 aliphatic carbocycles. The topological polar surface area (TPSA) is 37.6 Å². The van der Waals surface area contributed by atoms with Crippen LogP contribution in [0.1, 0.15) is 12.8 Å². The first-order valence-electron chi connectivity index (χ1n) is 8.67. The van der Waals surface area contributed by atoms with Crippen molar-refractivity contribution in [2.45, 2.75) is 12.8 Å². The number of nitrogens with zero attached hydrogens (tertiary/aromatic N) is 3. The van der Waals surface area contributed by atoms with E-state index < -0.39 is 0 Å². The maximum atomic E-state index is 12.3. The third-order valence-electron chi connectivity index (χ3n) is 4.54. The molecule has 1 aliphatic rings. The van der Waals surface area contributed by atoms with E-state index in [1.165, 1.54) is 11.3 Å². The standard InChI is InChI=1S/C20H17Cl2N3OS/c21-15-5-8-18(22)17(13-15)14-3-6-16(7-4-14)25-11-12-27-20(25)23-19(26)24-9-1-2-10-24/h3-8,11-13H,1-2,9-10H2/b23-20-. The van der Waals surface area contributed by atoms with Crippen LogP contribution in [0, 0.1) is 0 Å². The highest BCUT2D eigenvalue weighted by Gasteiger charge is 2.17. The highest BCUT2D eigenvalue weighted by Crippen LogP contribution is 2.31. The van der Waals surface area contributed by atoms with E-state index in [9.17, 15) is 4.79 Å². The van der Waals surface area contributed by atoms with Gasteiger partial charge in [0.25, 0.3) is 0 Å². The summed E-state index contributed by atoms with van der Waals surface area (Å²) in [7, 11) is 0. The summed E-state index contributed by atoms with van der Waals surface area (Å²) in [6, 6.07) is 13.2. The number of amides is 2. The van der Waals surface area contributed by atoms with E-state index in [1.54, 1.807) is 17.0 Å². The van der Waals surface area contributed by atoms with Crippen LogP contribution in [0.15, 0.2) is 59.0 Å². The monoisotopic (exact) mass is 417 g/mol. The SMILES string of the molecule is O=C(/N=c1\sccn1-c1ccc(-c2cc(Cl)ccc2Cl)cc1)N1CCCC1. The lowest BCUT2D eigenvalue weighted by Gasteiger charge is -2.11. The number of urea groups is 1. The number of aromatic nitrogens is 1. The Labute approximate surface area is 171 Å². The van der Waals surface area contributed by atoms with Crippen molar-refractivity contribution in [1.82, 2.24) is 9.47 Å². The molecule has 0 spiro atoms. The second kappa shape index (κ2) is 7.89. The number of rotatable bonds is 2. The van der Waals surface area contributed by atoms with Crippen molar-refractivity contribution in [3.63, 3.8) is 0 Å². The predicted octanol–water partition coefficient (Wildman–Crippen LogP) is 5.63. The molecule has 0 unspecified atom stereocenters. The average molecular weight is 418 g/mol. The van der Waals surface area contributed by atoms with Gasteiger partial charge >= 0.3 is 6.03 Å². The van der Waals surface area contributed by atoms with Crippen LogP contribution < -0.4 is 4.80 Å². The van der Waals surface area contributed by atoms with Crippen molar-refractivity contribution in [3.05, 3.63) is 68.9 Å². The van der Waals surface area contributed by atoms with Crippen molar-refractivity contribution in [2.75, 3.05) is 13.1 Å². The Kier molecular flexibility index (Phi) is 5.34. The number of thiazole rings is 1. The molecule has 0 atom stereocenters. The Morgan fingerprint density at radius 1 is 1.04 bits per heavy atom. The Balaban J connectivity index is 1.65. The Bertz CT molecular complexity index is 1030. The molecule has 1 saturated heterocycles. The molecule has 2 aromatic carbocycles. The van der Waals surface area contributed by atoms with Crippen molar-refractivity contribution >= 4 is 40.6 Å². The molecule has 7 heteroatoms. The number of halogens is 2. The molecule has 1 aromatic heterocycles. The van der Waals surface area contributed by atoms with E-state index >= 15 is 0 Å². The fourth-order valence-electron chi connectivity index (χ4n) is 3.13. The van der Waals surface area contributed by atoms with Gasteiger partial charge in [0.05, 0.1) is 0 Å². The zero-order valence-electron chi connectivity index (χ0n) is 14.4. The summed E-state index contributed by atoms with van der Waals surface area (Å²) < 4.78 is 1.92. The van der Waals surface area contributed by atoms with E-state index in [0.717, 1.165) is 42.7 Å². The molecular weight excluding hydrogens is 401 g/mol. The summed E-state index contributed by atoms with van der Waals surface area (Å²) in [5, 5.41) is 3.23. The first-order chi connectivity index (χ1) is 13.1. The molecule has 2 heterocycles. The van der Waals surface area contributed by atoms with Gasteiger partial charge in [-0.25, -0.2) is 4.79 Å². The van der Waals surface area contributed by atoms with Gasteiger partial charge in [-0.2, -0.15) is 4.99 Å². The van der Waals surface area contributed by atoms with E-state index in [1.807, 2.05) is 46.5 Å². The first kappa shape index (κ1) is 18.3. The van der Waals surface area contributed by atoms with Crippen LogP contribution in [0.3, 0.4) is 0 Å². The van der Waals surface area contributed by atoms with Gasteiger partial charge < -0.3 is 4.90 Å². The summed E-state index contributed by atoms with van der Waals surface area (Å²) in [5.41, 5.74) is 2.81. The number of carbonyl (C=O) groups is 1. The molecule has 0 radical (unpaired) electrons.